The minimum absolute atomic E-state index is 0.00377. The van der Waals surface area contributed by atoms with Gasteiger partial charge in [0.05, 0.1) is 25.1 Å². The Hall–Kier alpha value is -3.51. The zero-order valence-electron chi connectivity index (χ0n) is 16.9. The average molecular weight is 437 g/mol. The van der Waals surface area contributed by atoms with Crippen molar-refractivity contribution in [3.05, 3.63) is 35.9 Å². The number of hydrogen-bond donors (Lipinski definition) is 7. The zero-order valence-corrected chi connectivity index (χ0v) is 16.9. The predicted molar refractivity (Wildman–Crippen MR) is 108 cm³/mol. The summed E-state index contributed by atoms with van der Waals surface area (Å²) in [5, 5.41) is 25.9. The highest BCUT2D eigenvalue weighted by Gasteiger charge is 2.30. The van der Waals surface area contributed by atoms with Gasteiger partial charge in [-0.3, -0.25) is 19.2 Å². The van der Waals surface area contributed by atoms with Crippen LogP contribution in [-0.4, -0.2) is 70.6 Å². The number of carbonyl (C=O) groups excluding carboxylic acids is 4. The Bertz CT molecular complexity index is 800. The number of nitrogens with two attached hydrogens (primary N) is 2. The SMILES string of the molecule is CC(O)C(NC(=O)CNC(=O)C(N)CC(N)=O)C(=O)NC(Cc1ccccc1)C(=O)O. The van der Waals surface area contributed by atoms with E-state index in [1.807, 2.05) is 0 Å². The number of rotatable bonds is 12. The summed E-state index contributed by atoms with van der Waals surface area (Å²) in [6.07, 6.45) is -1.77. The van der Waals surface area contributed by atoms with Crippen molar-refractivity contribution in [3.63, 3.8) is 0 Å². The first-order valence-electron chi connectivity index (χ1n) is 9.37. The van der Waals surface area contributed by atoms with Crippen LogP contribution in [0.2, 0.25) is 0 Å². The van der Waals surface area contributed by atoms with Crippen LogP contribution in [0.4, 0.5) is 0 Å². The number of amides is 4. The van der Waals surface area contributed by atoms with E-state index in [0.717, 1.165) is 0 Å². The second-order valence-electron chi connectivity index (χ2n) is 6.87. The lowest BCUT2D eigenvalue weighted by atomic mass is 10.0. The Morgan fingerprint density at radius 1 is 1.03 bits per heavy atom. The maximum absolute atomic E-state index is 12.5. The van der Waals surface area contributed by atoms with Gasteiger partial charge in [0.25, 0.3) is 0 Å². The molecule has 12 nitrogen and oxygen atoms in total. The van der Waals surface area contributed by atoms with Crippen LogP contribution in [0.25, 0.3) is 0 Å². The fourth-order valence-electron chi connectivity index (χ4n) is 2.55. The highest BCUT2D eigenvalue weighted by Crippen LogP contribution is 2.05. The molecule has 0 aliphatic heterocycles. The number of carboxylic acid groups (broad SMARTS) is 1. The molecule has 0 aromatic heterocycles. The van der Waals surface area contributed by atoms with Gasteiger partial charge in [0.2, 0.25) is 23.6 Å². The molecule has 4 atom stereocenters. The van der Waals surface area contributed by atoms with Gasteiger partial charge in [-0.1, -0.05) is 30.3 Å². The monoisotopic (exact) mass is 437 g/mol. The first-order chi connectivity index (χ1) is 14.5. The fraction of sp³-hybridized carbons (Fsp3) is 0.421. The van der Waals surface area contributed by atoms with Crippen LogP contribution in [0.5, 0.6) is 0 Å². The Labute approximate surface area is 178 Å². The molecule has 4 unspecified atom stereocenters. The van der Waals surface area contributed by atoms with E-state index in [-0.39, 0.29) is 6.42 Å². The van der Waals surface area contributed by atoms with Gasteiger partial charge in [-0.15, -0.1) is 0 Å². The summed E-state index contributed by atoms with van der Waals surface area (Å²) in [5.74, 6) is -4.63. The number of primary amides is 1. The van der Waals surface area contributed by atoms with Crippen molar-refractivity contribution in [2.45, 2.75) is 44.0 Å². The summed E-state index contributed by atoms with van der Waals surface area (Å²) in [6.45, 7) is 0.646. The van der Waals surface area contributed by atoms with E-state index in [1.165, 1.54) is 6.92 Å². The maximum Gasteiger partial charge on any atom is 0.326 e. The number of nitrogens with one attached hydrogen (secondary N) is 3. The number of aliphatic carboxylic acids is 1. The van der Waals surface area contributed by atoms with Crippen LogP contribution < -0.4 is 27.4 Å². The second kappa shape index (κ2) is 12.2. The average Bonchev–Trinajstić information content (AvgIpc) is 2.69. The molecule has 12 heteroatoms. The van der Waals surface area contributed by atoms with Crippen molar-refractivity contribution < 1.29 is 34.2 Å². The third kappa shape index (κ3) is 9.23. The largest absolute Gasteiger partial charge is 0.480 e. The van der Waals surface area contributed by atoms with Gasteiger partial charge >= 0.3 is 5.97 Å². The summed E-state index contributed by atoms with van der Waals surface area (Å²) in [5.41, 5.74) is 11.1. The van der Waals surface area contributed by atoms with E-state index in [9.17, 15) is 34.2 Å². The van der Waals surface area contributed by atoms with Crippen molar-refractivity contribution >= 4 is 29.6 Å². The number of hydrogen-bond acceptors (Lipinski definition) is 7. The molecular weight excluding hydrogens is 410 g/mol. The summed E-state index contributed by atoms with van der Waals surface area (Å²) in [7, 11) is 0. The quantitative estimate of drug-likeness (QED) is 0.178. The molecule has 1 rings (SSSR count). The number of benzene rings is 1. The Morgan fingerprint density at radius 2 is 1.65 bits per heavy atom. The molecule has 4 amide bonds. The lowest BCUT2D eigenvalue weighted by molar-refractivity contribution is -0.142. The van der Waals surface area contributed by atoms with Gasteiger partial charge in [0.15, 0.2) is 0 Å². The first kappa shape index (κ1) is 25.5. The van der Waals surface area contributed by atoms with Crippen LogP contribution >= 0.6 is 0 Å². The normalized spacial score (nSPS) is 14.4. The number of aliphatic hydroxyl groups is 1. The van der Waals surface area contributed by atoms with Crippen LogP contribution in [0, 0.1) is 0 Å². The Kier molecular flexibility index (Phi) is 10.1. The van der Waals surface area contributed by atoms with Crippen LogP contribution in [0.1, 0.15) is 18.9 Å². The molecule has 0 aliphatic rings. The van der Waals surface area contributed by atoms with E-state index < -0.39 is 66.8 Å². The molecule has 0 heterocycles. The second-order valence-corrected chi connectivity index (χ2v) is 6.87. The Balaban J connectivity index is 2.69. The van der Waals surface area contributed by atoms with E-state index >= 15 is 0 Å². The minimum Gasteiger partial charge on any atom is -0.480 e. The molecule has 170 valence electrons. The smallest absolute Gasteiger partial charge is 0.326 e. The van der Waals surface area contributed by atoms with Gasteiger partial charge in [-0.05, 0) is 12.5 Å². The van der Waals surface area contributed by atoms with Gasteiger partial charge in [-0.25, -0.2) is 4.79 Å². The Morgan fingerprint density at radius 3 is 2.16 bits per heavy atom. The van der Waals surface area contributed by atoms with E-state index in [0.29, 0.717) is 5.56 Å². The van der Waals surface area contributed by atoms with Crippen molar-refractivity contribution in [1.82, 2.24) is 16.0 Å². The molecule has 1 aromatic carbocycles. The number of carboxylic acids is 1. The summed E-state index contributed by atoms with van der Waals surface area (Å²) in [6, 6.07) is 4.59. The van der Waals surface area contributed by atoms with Gasteiger partial charge < -0.3 is 37.6 Å². The van der Waals surface area contributed by atoms with Gasteiger partial charge in [-0.2, -0.15) is 0 Å². The summed E-state index contributed by atoms with van der Waals surface area (Å²) in [4.78, 5) is 58.5. The van der Waals surface area contributed by atoms with Crippen LogP contribution in [-0.2, 0) is 30.4 Å². The first-order valence-corrected chi connectivity index (χ1v) is 9.37. The lowest BCUT2D eigenvalue weighted by Gasteiger charge is -2.23. The molecule has 0 saturated carbocycles. The highest BCUT2D eigenvalue weighted by molar-refractivity contribution is 5.93. The number of carbonyl (C=O) groups is 5. The maximum atomic E-state index is 12.5. The van der Waals surface area contributed by atoms with Crippen molar-refractivity contribution in [1.29, 1.82) is 0 Å². The molecule has 1 aromatic rings. The van der Waals surface area contributed by atoms with Crippen LogP contribution in [0.15, 0.2) is 30.3 Å². The molecule has 0 spiro atoms. The molecule has 0 fully saturated rings. The summed E-state index contributed by atoms with van der Waals surface area (Å²) >= 11 is 0. The third-order valence-corrected chi connectivity index (χ3v) is 4.16. The third-order valence-electron chi connectivity index (χ3n) is 4.16. The summed E-state index contributed by atoms with van der Waals surface area (Å²) < 4.78 is 0. The van der Waals surface area contributed by atoms with Crippen molar-refractivity contribution in [2.24, 2.45) is 11.5 Å². The van der Waals surface area contributed by atoms with Crippen molar-refractivity contribution in [2.75, 3.05) is 6.54 Å². The number of aliphatic hydroxyl groups excluding tert-OH is 1. The standard InChI is InChI=1S/C19H27N5O7/c1-10(25)16(24-15(27)9-22-17(28)12(20)8-14(21)26)18(29)23-13(19(30)31)7-11-5-3-2-4-6-11/h2-6,10,12-13,16,25H,7-9,20H2,1H3,(H2,21,26)(H,22,28)(H,23,29)(H,24,27)(H,30,31). The molecule has 0 bridgehead atoms. The van der Waals surface area contributed by atoms with E-state index in [4.69, 9.17) is 11.5 Å². The molecule has 9 N–H and O–H groups in total. The van der Waals surface area contributed by atoms with Crippen molar-refractivity contribution in [3.8, 4) is 0 Å². The minimum atomic E-state index is -1.47. The highest BCUT2D eigenvalue weighted by atomic mass is 16.4. The van der Waals surface area contributed by atoms with Crippen LogP contribution in [0.3, 0.4) is 0 Å². The lowest BCUT2D eigenvalue weighted by Crippen LogP contribution is -2.57. The molecule has 31 heavy (non-hydrogen) atoms. The topological polar surface area (TPSA) is 214 Å². The molecular formula is C19H27N5O7. The zero-order chi connectivity index (χ0) is 23.6. The molecule has 0 aliphatic carbocycles. The van der Waals surface area contributed by atoms with Gasteiger partial charge in [0.1, 0.15) is 12.1 Å². The molecule has 0 radical (unpaired) electrons. The van der Waals surface area contributed by atoms with E-state index in [2.05, 4.69) is 16.0 Å². The molecule has 0 saturated heterocycles. The predicted octanol–water partition coefficient (Wildman–Crippen LogP) is -3.02. The fourth-order valence-corrected chi connectivity index (χ4v) is 2.55. The van der Waals surface area contributed by atoms with Gasteiger partial charge in [0, 0.05) is 6.42 Å². The van der Waals surface area contributed by atoms with E-state index in [1.54, 1.807) is 30.3 Å².